The molecule has 1 N–H and O–H groups in total. The smallest absolute Gasteiger partial charge is 0.265 e. The first kappa shape index (κ1) is 21.9. The van der Waals surface area contributed by atoms with Gasteiger partial charge in [-0.3, -0.25) is 4.79 Å². The van der Waals surface area contributed by atoms with E-state index in [0.717, 1.165) is 59.4 Å². The van der Waals surface area contributed by atoms with E-state index in [1.165, 1.54) is 17.8 Å². The molecule has 7 heteroatoms. The lowest BCUT2D eigenvalue weighted by Crippen LogP contribution is -2.46. The van der Waals surface area contributed by atoms with Crippen molar-refractivity contribution in [2.75, 3.05) is 18.4 Å². The second kappa shape index (κ2) is 9.54. The predicted molar refractivity (Wildman–Crippen MR) is 137 cm³/mol. The third-order valence-electron chi connectivity index (χ3n) is 6.12. The van der Waals surface area contributed by atoms with Crippen LogP contribution in [0.3, 0.4) is 0 Å². The Morgan fingerprint density at radius 1 is 1.09 bits per heavy atom. The summed E-state index contributed by atoms with van der Waals surface area (Å²) in [5.74, 6) is 0.687. The summed E-state index contributed by atoms with van der Waals surface area (Å²) in [7, 11) is 0. The molecule has 170 valence electrons. The fourth-order valence-electron chi connectivity index (χ4n) is 4.35. The van der Waals surface area contributed by atoms with Crippen molar-refractivity contribution < 1.29 is 4.79 Å². The van der Waals surface area contributed by atoms with Gasteiger partial charge < -0.3 is 15.1 Å². The zero-order valence-corrected chi connectivity index (χ0v) is 19.6. The van der Waals surface area contributed by atoms with Crippen LogP contribution in [0.15, 0.2) is 72.2 Å². The number of thiophene rings is 1. The Morgan fingerprint density at radius 2 is 1.82 bits per heavy atom. The summed E-state index contributed by atoms with van der Waals surface area (Å²) in [5.41, 5.74) is 3.91. The number of carbonyl (C=O) groups excluding carboxylic acids is 1. The molecule has 0 bridgehead atoms. The Balaban J connectivity index is 1.49. The van der Waals surface area contributed by atoms with E-state index in [4.69, 9.17) is 4.99 Å². The van der Waals surface area contributed by atoms with Crippen LogP contribution in [-0.4, -0.2) is 34.8 Å². The molecule has 34 heavy (non-hydrogen) atoms. The summed E-state index contributed by atoms with van der Waals surface area (Å²) in [6.07, 6.45) is 3.46. The molecule has 0 unspecified atom stereocenters. The zero-order valence-electron chi connectivity index (χ0n) is 18.8. The molecule has 1 fully saturated rings. The number of amides is 1. The van der Waals surface area contributed by atoms with Gasteiger partial charge in [0.25, 0.3) is 5.91 Å². The van der Waals surface area contributed by atoms with Crippen LogP contribution in [-0.2, 0) is 6.54 Å². The van der Waals surface area contributed by atoms with Crippen molar-refractivity contribution in [2.24, 2.45) is 4.99 Å². The number of hydrogen-bond donors (Lipinski definition) is 1. The summed E-state index contributed by atoms with van der Waals surface area (Å²) < 4.78 is 0. The van der Waals surface area contributed by atoms with E-state index in [9.17, 15) is 10.1 Å². The van der Waals surface area contributed by atoms with E-state index in [1.807, 2.05) is 60.7 Å². The number of guanidine groups is 1. The monoisotopic (exact) mass is 467 g/mol. The maximum atomic E-state index is 12.9. The number of anilines is 1. The minimum atomic E-state index is -0.158. The topological polar surface area (TPSA) is 71.7 Å². The molecule has 0 aliphatic carbocycles. The Hall–Kier alpha value is -3.89. The molecule has 1 saturated heterocycles. The van der Waals surface area contributed by atoms with Crippen molar-refractivity contribution >= 4 is 40.3 Å². The maximum Gasteiger partial charge on any atom is 0.265 e. The van der Waals surface area contributed by atoms with Crippen molar-refractivity contribution in [1.29, 1.82) is 5.26 Å². The van der Waals surface area contributed by atoms with Crippen molar-refractivity contribution in [2.45, 2.75) is 25.8 Å². The average Bonchev–Trinajstić information content (AvgIpc) is 3.32. The number of rotatable bonds is 4. The molecule has 6 nitrogen and oxygen atoms in total. The number of nitriles is 1. The molecule has 2 aliphatic rings. The first-order valence-corrected chi connectivity index (χ1v) is 12.2. The lowest BCUT2D eigenvalue weighted by Gasteiger charge is -2.39. The molecule has 1 amide bonds. The molecule has 0 saturated carbocycles. The molecule has 2 aliphatic heterocycles. The fourth-order valence-corrected chi connectivity index (χ4v) is 5.32. The number of hydrogen-bond acceptors (Lipinski definition) is 6. The Bertz CT molecular complexity index is 1300. The predicted octanol–water partition coefficient (Wildman–Crippen LogP) is 5.83. The average molecular weight is 468 g/mol. The maximum absolute atomic E-state index is 12.9. The number of aliphatic imine (C=N–C) groups is 1. The van der Waals surface area contributed by atoms with E-state index in [0.29, 0.717) is 17.0 Å². The minimum Gasteiger partial charge on any atom is -0.342 e. The summed E-state index contributed by atoms with van der Waals surface area (Å²) in [5, 5.41) is 12.6. The first-order valence-electron chi connectivity index (χ1n) is 11.4. The summed E-state index contributed by atoms with van der Waals surface area (Å²) >= 11 is 1.40. The largest absolute Gasteiger partial charge is 0.342 e. The molecule has 2 aromatic carbocycles. The molecule has 3 heterocycles. The highest BCUT2D eigenvalue weighted by Gasteiger charge is 2.31. The van der Waals surface area contributed by atoms with E-state index >= 15 is 0 Å². The van der Waals surface area contributed by atoms with Crippen molar-refractivity contribution in [3.63, 3.8) is 0 Å². The van der Waals surface area contributed by atoms with Crippen molar-refractivity contribution in [3.05, 3.63) is 88.1 Å². The zero-order chi connectivity index (χ0) is 23.5. The van der Waals surface area contributed by atoms with E-state index in [2.05, 4.69) is 27.8 Å². The first-order chi connectivity index (χ1) is 16.6. The highest BCUT2D eigenvalue weighted by molar-refractivity contribution is 7.15. The van der Waals surface area contributed by atoms with Gasteiger partial charge in [0.2, 0.25) is 5.96 Å². The van der Waals surface area contributed by atoms with Crippen LogP contribution in [0.4, 0.5) is 11.4 Å². The Kier molecular flexibility index (Phi) is 6.15. The summed E-state index contributed by atoms with van der Waals surface area (Å²) in [4.78, 5) is 23.8. The third kappa shape index (κ3) is 4.33. The van der Waals surface area contributed by atoms with Crippen LogP contribution in [0.2, 0.25) is 0 Å². The second-order valence-electron chi connectivity index (χ2n) is 8.41. The quantitative estimate of drug-likeness (QED) is 0.524. The number of benzene rings is 2. The molecule has 1 aromatic heterocycles. The lowest BCUT2D eigenvalue weighted by atomic mass is 10.1. The van der Waals surface area contributed by atoms with Crippen LogP contribution >= 0.6 is 11.3 Å². The number of likely N-dealkylation sites (tertiary alicyclic amines) is 1. The Morgan fingerprint density at radius 3 is 2.59 bits per heavy atom. The number of para-hydroxylation sites is 1. The van der Waals surface area contributed by atoms with Crippen molar-refractivity contribution in [1.82, 2.24) is 9.80 Å². The van der Waals surface area contributed by atoms with Crippen LogP contribution in [0, 0.1) is 11.3 Å². The van der Waals surface area contributed by atoms with Crippen LogP contribution in [0.5, 0.6) is 0 Å². The van der Waals surface area contributed by atoms with Crippen LogP contribution < -0.4 is 5.32 Å². The molecular weight excluding hydrogens is 442 g/mol. The molecule has 3 aromatic rings. The van der Waals surface area contributed by atoms with Gasteiger partial charge in [-0.25, -0.2) is 4.99 Å². The Labute approximate surface area is 203 Å². The van der Waals surface area contributed by atoms with E-state index in [-0.39, 0.29) is 5.91 Å². The van der Waals surface area contributed by atoms with E-state index < -0.39 is 0 Å². The van der Waals surface area contributed by atoms with Gasteiger partial charge in [0.1, 0.15) is 0 Å². The SMILES string of the molecule is C=C1c2sc(C(=O)Nc3ccccc3)cc2N=C(N2CCCCC2)N1Cc1ccccc1C#N. The molecule has 0 radical (unpaired) electrons. The number of piperidine rings is 1. The van der Waals surface area contributed by atoms with Gasteiger partial charge in [-0.15, -0.1) is 11.3 Å². The van der Waals surface area contributed by atoms with Gasteiger partial charge in [-0.1, -0.05) is 43.0 Å². The highest BCUT2D eigenvalue weighted by atomic mass is 32.1. The van der Waals surface area contributed by atoms with Gasteiger partial charge >= 0.3 is 0 Å². The molecule has 0 atom stereocenters. The molecule has 5 rings (SSSR count). The number of nitrogens with one attached hydrogen (secondary N) is 1. The molecular formula is C27H25N5OS. The number of carbonyl (C=O) groups is 1. The standard InChI is InChI=1S/C27H25N5OS/c1-19-25-23(16-24(34-25)26(33)29-22-12-4-2-5-13-22)30-27(31-14-8-3-9-15-31)32(19)18-21-11-7-6-10-20(21)17-28/h2,4-7,10-13,16H,1,3,8-9,14-15,18H2,(H,29,33). The lowest BCUT2D eigenvalue weighted by molar-refractivity contribution is 0.103. The van der Waals surface area contributed by atoms with Gasteiger partial charge in [-0.05, 0) is 49.1 Å². The van der Waals surface area contributed by atoms with Crippen molar-refractivity contribution in [3.8, 4) is 6.07 Å². The van der Waals surface area contributed by atoms with Gasteiger partial charge in [0, 0.05) is 18.8 Å². The molecule has 0 spiro atoms. The van der Waals surface area contributed by atoms with Crippen LogP contribution in [0.25, 0.3) is 5.70 Å². The van der Waals surface area contributed by atoms with Gasteiger partial charge in [-0.2, -0.15) is 5.26 Å². The minimum absolute atomic E-state index is 0.158. The fraction of sp³-hybridized carbons (Fsp3) is 0.222. The summed E-state index contributed by atoms with van der Waals surface area (Å²) in [6.45, 7) is 6.77. The van der Waals surface area contributed by atoms with Crippen LogP contribution in [0.1, 0.15) is 44.9 Å². The normalized spacial score (nSPS) is 15.4. The van der Waals surface area contributed by atoms with Gasteiger partial charge in [0.15, 0.2) is 0 Å². The second-order valence-corrected chi connectivity index (χ2v) is 9.46. The number of nitrogens with zero attached hydrogens (tertiary/aromatic N) is 4. The number of fused-ring (bicyclic) bond motifs is 1. The highest BCUT2D eigenvalue weighted by Crippen LogP contribution is 2.41. The van der Waals surface area contributed by atoms with Gasteiger partial charge in [0.05, 0.1) is 39.3 Å². The summed E-state index contributed by atoms with van der Waals surface area (Å²) in [6, 6.07) is 21.2. The third-order valence-corrected chi connectivity index (χ3v) is 7.29. The van der Waals surface area contributed by atoms with E-state index in [1.54, 1.807) is 0 Å².